The Hall–Kier alpha value is -3.02. The van der Waals surface area contributed by atoms with Crippen molar-refractivity contribution >= 4 is 11.9 Å². The lowest BCUT2D eigenvalue weighted by Gasteiger charge is -2.11. The molecular weight excluding hydrogens is 318 g/mol. The van der Waals surface area contributed by atoms with Crippen LogP contribution in [-0.2, 0) is 11.3 Å². The van der Waals surface area contributed by atoms with Gasteiger partial charge in [-0.2, -0.15) is 0 Å². The van der Waals surface area contributed by atoms with Crippen LogP contribution in [0, 0.1) is 0 Å². The van der Waals surface area contributed by atoms with E-state index in [9.17, 15) is 9.59 Å². The first kappa shape index (κ1) is 18.3. The molecule has 0 aromatic heterocycles. The Morgan fingerprint density at radius 3 is 2.40 bits per heavy atom. The Kier molecular flexibility index (Phi) is 6.83. The molecule has 0 saturated heterocycles. The van der Waals surface area contributed by atoms with Crippen LogP contribution in [0.2, 0.25) is 0 Å². The van der Waals surface area contributed by atoms with Crippen LogP contribution < -0.4 is 15.4 Å². The third-order valence-electron chi connectivity index (χ3n) is 3.45. The van der Waals surface area contributed by atoms with Crippen molar-refractivity contribution in [3.63, 3.8) is 0 Å². The Morgan fingerprint density at radius 1 is 0.960 bits per heavy atom. The predicted molar refractivity (Wildman–Crippen MR) is 96.5 cm³/mol. The van der Waals surface area contributed by atoms with Crippen molar-refractivity contribution in [3.8, 4) is 11.5 Å². The molecule has 0 heterocycles. The normalized spacial score (nSPS) is 10.0. The summed E-state index contributed by atoms with van der Waals surface area (Å²) < 4.78 is 5.77. The number of amides is 3. The predicted octanol–water partition coefficient (Wildman–Crippen LogP) is 2.76. The lowest BCUT2D eigenvalue weighted by Crippen LogP contribution is -2.37. The lowest BCUT2D eigenvalue weighted by molar-refractivity contribution is -0.128. The highest BCUT2D eigenvalue weighted by Gasteiger charge is 2.06. The molecule has 0 aliphatic heterocycles. The van der Waals surface area contributed by atoms with Crippen LogP contribution in [0.3, 0.4) is 0 Å². The summed E-state index contributed by atoms with van der Waals surface area (Å²) in [6.07, 6.45) is 0.279. The van der Waals surface area contributed by atoms with E-state index in [1.54, 1.807) is 14.1 Å². The van der Waals surface area contributed by atoms with Gasteiger partial charge in [0.1, 0.15) is 11.5 Å². The fourth-order valence-corrected chi connectivity index (χ4v) is 2.09. The highest BCUT2D eigenvalue weighted by Crippen LogP contribution is 2.21. The molecule has 0 saturated carbocycles. The number of benzene rings is 2. The fourth-order valence-electron chi connectivity index (χ4n) is 2.09. The molecule has 2 rings (SSSR count). The Bertz CT molecular complexity index is 702. The Balaban J connectivity index is 1.78. The molecule has 0 spiro atoms. The van der Waals surface area contributed by atoms with Crippen molar-refractivity contribution in [2.24, 2.45) is 0 Å². The minimum atomic E-state index is -0.305. The number of carbonyl (C=O) groups is 2. The maximum atomic E-state index is 11.8. The van der Waals surface area contributed by atoms with Crippen LogP contribution in [0.25, 0.3) is 0 Å². The van der Waals surface area contributed by atoms with E-state index in [1.807, 2.05) is 54.6 Å². The number of nitrogens with zero attached hydrogens (tertiary/aromatic N) is 1. The molecule has 6 heteroatoms. The number of nitrogens with one attached hydrogen (secondary N) is 2. The largest absolute Gasteiger partial charge is 0.457 e. The number of hydrogen-bond donors (Lipinski definition) is 2. The first-order chi connectivity index (χ1) is 12.0. The third kappa shape index (κ3) is 6.55. The standard InChI is InChI=1S/C19H23N3O3/c1-22(2)18(23)11-12-20-19(24)21-14-15-7-6-10-17(13-15)25-16-8-4-3-5-9-16/h3-10,13H,11-12,14H2,1-2H3,(H2,20,21,24). The first-order valence-electron chi connectivity index (χ1n) is 8.08. The van der Waals surface area contributed by atoms with Crippen LogP contribution in [0.1, 0.15) is 12.0 Å². The van der Waals surface area contributed by atoms with Crippen LogP contribution in [0.5, 0.6) is 11.5 Å². The molecule has 6 nitrogen and oxygen atoms in total. The Labute approximate surface area is 147 Å². The van der Waals surface area contributed by atoms with Gasteiger partial charge in [0, 0.05) is 33.6 Å². The van der Waals surface area contributed by atoms with Gasteiger partial charge in [-0.1, -0.05) is 30.3 Å². The molecule has 0 fully saturated rings. The van der Waals surface area contributed by atoms with Gasteiger partial charge >= 0.3 is 6.03 Å². The first-order valence-corrected chi connectivity index (χ1v) is 8.08. The number of carbonyl (C=O) groups excluding carboxylic acids is 2. The van der Waals surface area contributed by atoms with Crippen LogP contribution in [0.15, 0.2) is 54.6 Å². The lowest BCUT2D eigenvalue weighted by atomic mass is 10.2. The maximum Gasteiger partial charge on any atom is 0.315 e. The van der Waals surface area contributed by atoms with Gasteiger partial charge < -0.3 is 20.3 Å². The second-order valence-electron chi connectivity index (χ2n) is 5.71. The van der Waals surface area contributed by atoms with Crippen LogP contribution in [0.4, 0.5) is 4.79 Å². The van der Waals surface area contributed by atoms with Gasteiger partial charge in [-0.15, -0.1) is 0 Å². The van der Waals surface area contributed by atoms with E-state index < -0.39 is 0 Å². The van der Waals surface area contributed by atoms with E-state index in [1.165, 1.54) is 4.90 Å². The zero-order valence-electron chi connectivity index (χ0n) is 14.5. The summed E-state index contributed by atoms with van der Waals surface area (Å²) in [5.74, 6) is 1.45. The zero-order chi connectivity index (χ0) is 18.1. The Morgan fingerprint density at radius 2 is 1.68 bits per heavy atom. The third-order valence-corrected chi connectivity index (χ3v) is 3.45. The van der Waals surface area contributed by atoms with Crippen LogP contribution in [-0.4, -0.2) is 37.5 Å². The number of para-hydroxylation sites is 1. The molecule has 0 atom stereocenters. The molecule has 2 aromatic rings. The van der Waals surface area contributed by atoms with Gasteiger partial charge in [-0.25, -0.2) is 4.79 Å². The number of urea groups is 1. The molecule has 0 aliphatic carbocycles. The number of ether oxygens (including phenoxy) is 1. The van der Waals surface area contributed by atoms with Crippen molar-refractivity contribution in [1.82, 2.24) is 15.5 Å². The minimum Gasteiger partial charge on any atom is -0.457 e. The molecule has 25 heavy (non-hydrogen) atoms. The van der Waals surface area contributed by atoms with Crippen molar-refractivity contribution in [2.75, 3.05) is 20.6 Å². The summed E-state index contributed by atoms with van der Waals surface area (Å²) in [5.41, 5.74) is 0.924. The second kappa shape index (κ2) is 9.32. The summed E-state index contributed by atoms with van der Waals surface area (Å²) >= 11 is 0. The van der Waals surface area contributed by atoms with E-state index in [-0.39, 0.29) is 18.4 Å². The average molecular weight is 341 g/mol. The van der Waals surface area contributed by atoms with Gasteiger partial charge in [0.2, 0.25) is 5.91 Å². The summed E-state index contributed by atoms with van der Waals surface area (Å²) in [4.78, 5) is 24.7. The van der Waals surface area contributed by atoms with Crippen molar-refractivity contribution in [2.45, 2.75) is 13.0 Å². The van der Waals surface area contributed by atoms with E-state index in [0.717, 1.165) is 11.3 Å². The van der Waals surface area contributed by atoms with Gasteiger partial charge in [-0.3, -0.25) is 4.79 Å². The summed E-state index contributed by atoms with van der Waals surface area (Å²) in [7, 11) is 3.37. The summed E-state index contributed by atoms with van der Waals surface area (Å²) in [6.45, 7) is 0.680. The molecule has 0 radical (unpaired) electrons. The van der Waals surface area contributed by atoms with Crippen molar-refractivity contribution in [3.05, 3.63) is 60.2 Å². The summed E-state index contributed by atoms with van der Waals surface area (Å²) in [6, 6.07) is 16.7. The molecule has 3 amide bonds. The van der Waals surface area contributed by atoms with Gasteiger partial charge in [0.15, 0.2) is 0 Å². The van der Waals surface area contributed by atoms with Gasteiger partial charge in [0.25, 0.3) is 0 Å². The monoisotopic (exact) mass is 341 g/mol. The van der Waals surface area contributed by atoms with E-state index in [0.29, 0.717) is 18.8 Å². The second-order valence-corrected chi connectivity index (χ2v) is 5.71. The van der Waals surface area contributed by atoms with E-state index >= 15 is 0 Å². The average Bonchev–Trinajstić information content (AvgIpc) is 2.61. The van der Waals surface area contributed by atoms with Crippen LogP contribution >= 0.6 is 0 Å². The van der Waals surface area contributed by atoms with Gasteiger partial charge in [0.05, 0.1) is 0 Å². The topological polar surface area (TPSA) is 70.7 Å². The minimum absolute atomic E-state index is 0.0222. The van der Waals surface area contributed by atoms with Gasteiger partial charge in [-0.05, 0) is 29.8 Å². The highest BCUT2D eigenvalue weighted by molar-refractivity contribution is 5.77. The molecule has 0 bridgehead atoms. The molecule has 0 aliphatic rings. The molecule has 2 N–H and O–H groups in total. The SMILES string of the molecule is CN(C)C(=O)CCNC(=O)NCc1cccc(Oc2ccccc2)c1. The molecule has 0 unspecified atom stereocenters. The van der Waals surface area contributed by atoms with E-state index in [4.69, 9.17) is 4.74 Å². The summed E-state index contributed by atoms with van der Waals surface area (Å²) in [5, 5.41) is 5.43. The zero-order valence-corrected chi connectivity index (χ0v) is 14.5. The highest BCUT2D eigenvalue weighted by atomic mass is 16.5. The van der Waals surface area contributed by atoms with Crippen molar-refractivity contribution < 1.29 is 14.3 Å². The fraction of sp³-hybridized carbons (Fsp3) is 0.263. The molecular formula is C19H23N3O3. The van der Waals surface area contributed by atoms with Crippen molar-refractivity contribution in [1.29, 1.82) is 0 Å². The quantitative estimate of drug-likeness (QED) is 0.813. The molecule has 132 valence electrons. The van der Waals surface area contributed by atoms with E-state index in [2.05, 4.69) is 10.6 Å². The molecule has 2 aromatic carbocycles. The number of rotatable bonds is 7. The maximum absolute atomic E-state index is 11.8. The smallest absolute Gasteiger partial charge is 0.315 e. The number of hydrogen-bond acceptors (Lipinski definition) is 3.